The molecule has 5 heteroatoms. The summed E-state index contributed by atoms with van der Waals surface area (Å²) in [5, 5.41) is 16.1. The van der Waals surface area contributed by atoms with Crippen LogP contribution in [0.3, 0.4) is 0 Å². The largest absolute Gasteiger partial charge is 0.392 e. The highest BCUT2D eigenvalue weighted by Gasteiger charge is 2.23. The van der Waals surface area contributed by atoms with E-state index in [1.54, 1.807) is 11.3 Å². The predicted octanol–water partition coefficient (Wildman–Crippen LogP) is 3.47. The number of hydrogen-bond donors (Lipinski definition) is 3. The van der Waals surface area contributed by atoms with Crippen molar-refractivity contribution in [2.24, 2.45) is 0 Å². The molecule has 130 valence electrons. The first-order valence-corrected chi connectivity index (χ1v) is 9.35. The third-order valence-corrected chi connectivity index (χ3v) is 4.99. The Morgan fingerprint density at radius 3 is 2.62 bits per heavy atom. The van der Waals surface area contributed by atoms with Crippen molar-refractivity contribution < 1.29 is 5.11 Å². The minimum Gasteiger partial charge on any atom is -0.392 e. The average Bonchev–Trinajstić information content (AvgIpc) is 3.23. The Hall–Kier alpha value is -1.69. The number of rotatable bonds is 5. The molecule has 1 aromatic carbocycles. The smallest absolute Gasteiger partial charge is 0.0801 e. The SMILES string of the molecule is C=C(NCc1ccc(-c2scnc2C)cc1)[C@@H]1CC(O)CN1.CC. The van der Waals surface area contributed by atoms with Crippen LogP contribution in [0.4, 0.5) is 0 Å². The molecule has 1 fully saturated rings. The van der Waals surface area contributed by atoms with Gasteiger partial charge in [-0.1, -0.05) is 44.7 Å². The van der Waals surface area contributed by atoms with Crippen molar-refractivity contribution in [1.29, 1.82) is 0 Å². The third kappa shape index (κ3) is 4.66. The van der Waals surface area contributed by atoms with Gasteiger partial charge in [-0.2, -0.15) is 0 Å². The third-order valence-electron chi connectivity index (χ3n) is 4.01. The summed E-state index contributed by atoms with van der Waals surface area (Å²) in [6, 6.07) is 8.70. The normalized spacial score (nSPS) is 19.5. The van der Waals surface area contributed by atoms with Crippen LogP contribution in [0.1, 0.15) is 31.5 Å². The first-order valence-electron chi connectivity index (χ1n) is 8.47. The lowest BCUT2D eigenvalue weighted by atomic mass is 10.1. The van der Waals surface area contributed by atoms with E-state index < -0.39 is 0 Å². The predicted molar refractivity (Wildman–Crippen MR) is 102 cm³/mol. The Morgan fingerprint density at radius 2 is 2.08 bits per heavy atom. The number of aromatic nitrogens is 1. The minimum absolute atomic E-state index is 0.161. The van der Waals surface area contributed by atoms with E-state index in [-0.39, 0.29) is 12.1 Å². The molecule has 1 aliphatic rings. The minimum atomic E-state index is -0.259. The average molecular weight is 346 g/mol. The molecule has 24 heavy (non-hydrogen) atoms. The molecule has 0 saturated carbocycles. The summed E-state index contributed by atoms with van der Waals surface area (Å²) in [6.45, 7) is 11.5. The molecule has 0 amide bonds. The topological polar surface area (TPSA) is 57.2 Å². The maximum absolute atomic E-state index is 9.54. The standard InChI is InChI=1S/C17H21N3OS.C2H6/c1-11(16-7-15(21)9-19-16)18-8-13-3-5-14(6-4-13)17-12(2)20-10-22-17;1-2/h3-6,10,15-16,18-19,21H,1,7-9H2,2H3;1-2H3/t15?,16-;/m0./s1. The van der Waals surface area contributed by atoms with E-state index >= 15 is 0 Å². The van der Waals surface area contributed by atoms with E-state index in [2.05, 4.69) is 46.5 Å². The summed E-state index contributed by atoms with van der Waals surface area (Å²) in [4.78, 5) is 5.52. The molecule has 1 saturated heterocycles. The monoisotopic (exact) mass is 345 g/mol. The number of thiazole rings is 1. The maximum atomic E-state index is 9.54. The number of aryl methyl sites for hydroxylation is 1. The molecule has 2 atom stereocenters. The van der Waals surface area contributed by atoms with Gasteiger partial charge in [0.1, 0.15) is 0 Å². The van der Waals surface area contributed by atoms with Gasteiger partial charge < -0.3 is 15.7 Å². The van der Waals surface area contributed by atoms with E-state index in [1.165, 1.54) is 16.0 Å². The second kappa shape index (κ2) is 8.97. The molecule has 1 aliphatic heterocycles. The lowest BCUT2D eigenvalue weighted by molar-refractivity contribution is 0.194. The summed E-state index contributed by atoms with van der Waals surface area (Å²) < 4.78 is 0. The zero-order valence-corrected chi connectivity index (χ0v) is 15.5. The van der Waals surface area contributed by atoms with Gasteiger partial charge in [-0.05, 0) is 24.5 Å². The fraction of sp³-hybridized carbons (Fsp3) is 0.421. The maximum Gasteiger partial charge on any atom is 0.0801 e. The Morgan fingerprint density at radius 1 is 1.38 bits per heavy atom. The van der Waals surface area contributed by atoms with Crippen molar-refractivity contribution in [3.63, 3.8) is 0 Å². The van der Waals surface area contributed by atoms with Gasteiger partial charge in [0, 0.05) is 24.8 Å². The fourth-order valence-electron chi connectivity index (χ4n) is 2.67. The molecule has 2 heterocycles. The van der Waals surface area contributed by atoms with E-state index in [0.717, 1.165) is 24.4 Å². The summed E-state index contributed by atoms with van der Waals surface area (Å²) in [5.74, 6) is 0. The molecule has 1 aromatic heterocycles. The van der Waals surface area contributed by atoms with E-state index in [0.29, 0.717) is 6.54 Å². The van der Waals surface area contributed by atoms with Gasteiger partial charge in [-0.25, -0.2) is 4.98 Å². The molecule has 4 nitrogen and oxygen atoms in total. The van der Waals surface area contributed by atoms with E-state index in [1.807, 2.05) is 26.3 Å². The van der Waals surface area contributed by atoms with Crippen molar-refractivity contribution in [2.75, 3.05) is 6.54 Å². The molecule has 0 radical (unpaired) electrons. The molecule has 0 bridgehead atoms. The summed E-state index contributed by atoms with van der Waals surface area (Å²) in [5.41, 5.74) is 6.33. The van der Waals surface area contributed by atoms with Gasteiger partial charge >= 0.3 is 0 Å². The van der Waals surface area contributed by atoms with E-state index in [4.69, 9.17) is 0 Å². The molecule has 2 aromatic rings. The number of nitrogens with zero attached hydrogens (tertiary/aromatic N) is 1. The van der Waals surface area contributed by atoms with Crippen LogP contribution in [-0.4, -0.2) is 28.8 Å². The van der Waals surface area contributed by atoms with Crippen LogP contribution in [0.25, 0.3) is 10.4 Å². The van der Waals surface area contributed by atoms with Crippen molar-refractivity contribution in [3.05, 3.63) is 53.3 Å². The number of benzene rings is 1. The van der Waals surface area contributed by atoms with Crippen LogP contribution in [0.2, 0.25) is 0 Å². The highest BCUT2D eigenvalue weighted by molar-refractivity contribution is 7.13. The first-order chi connectivity index (χ1) is 11.6. The number of aliphatic hydroxyl groups excluding tert-OH is 1. The zero-order valence-electron chi connectivity index (χ0n) is 14.7. The van der Waals surface area contributed by atoms with Gasteiger partial charge in [-0.15, -0.1) is 11.3 Å². The van der Waals surface area contributed by atoms with Gasteiger partial charge in [0.15, 0.2) is 0 Å². The van der Waals surface area contributed by atoms with Gasteiger partial charge in [0.25, 0.3) is 0 Å². The van der Waals surface area contributed by atoms with Crippen LogP contribution in [0.5, 0.6) is 0 Å². The summed E-state index contributed by atoms with van der Waals surface area (Å²) >= 11 is 1.67. The van der Waals surface area contributed by atoms with Crippen LogP contribution in [-0.2, 0) is 6.54 Å². The van der Waals surface area contributed by atoms with Crippen molar-refractivity contribution in [1.82, 2.24) is 15.6 Å². The molecule has 1 unspecified atom stereocenters. The van der Waals surface area contributed by atoms with Crippen LogP contribution in [0.15, 0.2) is 42.1 Å². The second-order valence-electron chi connectivity index (χ2n) is 5.69. The number of hydrogen-bond acceptors (Lipinski definition) is 5. The molecular weight excluding hydrogens is 318 g/mol. The summed E-state index contributed by atoms with van der Waals surface area (Å²) in [7, 11) is 0. The van der Waals surface area contributed by atoms with E-state index in [9.17, 15) is 5.11 Å². The quantitative estimate of drug-likeness (QED) is 0.777. The highest BCUT2D eigenvalue weighted by atomic mass is 32.1. The highest BCUT2D eigenvalue weighted by Crippen LogP contribution is 2.27. The zero-order chi connectivity index (χ0) is 17.5. The molecule has 3 N–H and O–H groups in total. The van der Waals surface area contributed by atoms with Crippen molar-refractivity contribution in [2.45, 2.75) is 45.9 Å². The Kier molecular flexibility index (Phi) is 6.97. The number of aliphatic hydroxyl groups is 1. The van der Waals surface area contributed by atoms with Crippen LogP contribution in [0, 0.1) is 6.92 Å². The Bertz CT molecular complexity index is 651. The van der Waals surface area contributed by atoms with Gasteiger partial charge in [0.2, 0.25) is 0 Å². The molecular formula is C19H27N3OS. The Balaban J connectivity index is 0.00000100. The lowest BCUT2D eigenvalue weighted by Gasteiger charge is -2.16. The molecule has 3 rings (SSSR count). The lowest BCUT2D eigenvalue weighted by Crippen LogP contribution is -2.30. The summed E-state index contributed by atoms with van der Waals surface area (Å²) in [6.07, 6.45) is 0.473. The molecule has 0 spiro atoms. The van der Waals surface area contributed by atoms with Gasteiger partial charge in [0.05, 0.1) is 22.2 Å². The number of nitrogens with one attached hydrogen (secondary N) is 2. The molecule has 0 aliphatic carbocycles. The van der Waals surface area contributed by atoms with Crippen molar-refractivity contribution >= 4 is 11.3 Å². The van der Waals surface area contributed by atoms with Crippen molar-refractivity contribution in [3.8, 4) is 10.4 Å². The fourth-order valence-corrected chi connectivity index (χ4v) is 3.49. The van der Waals surface area contributed by atoms with Crippen LogP contribution >= 0.6 is 11.3 Å². The second-order valence-corrected chi connectivity index (χ2v) is 6.55. The van der Waals surface area contributed by atoms with Gasteiger partial charge in [-0.3, -0.25) is 0 Å². The Labute approximate surface area is 148 Å². The number of β-amino-alcohol motifs (C(OH)–C–C–N with tert-alkyl or cyclic N) is 1. The van der Waals surface area contributed by atoms with Crippen LogP contribution < -0.4 is 10.6 Å². The first kappa shape index (κ1) is 18.6.